The normalized spacial score (nSPS) is 22.3. The molecule has 2 rings (SSSR count). The fraction of sp³-hybridized carbons (Fsp3) is 0.600. The summed E-state index contributed by atoms with van der Waals surface area (Å²) in [7, 11) is 0. The lowest BCUT2D eigenvalue weighted by molar-refractivity contribution is 0.167. The number of halogens is 2. The number of benzene rings is 1. The first-order valence-corrected chi connectivity index (χ1v) is 6.54. The maximum absolute atomic E-state index is 13.5. The molecule has 1 aromatic carbocycles. The van der Waals surface area contributed by atoms with Gasteiger partial charge in [-0.15, -0.1) is 0 Å². The van der Waals surface area contributed by atoms with Gasteiger partial charge in [0.1, 0.15) is 11.6 Å². The molecule has 1 fully saturated rings. The van der Waals surface area contributed by atoms with E-state index in [1.807, 2.05) is 0 Å². The number of rotatable bonds is 4. The molecule has 0 aliphatic heterocycles. The summed E-state index contributed by atoms with van der Waals surface area (Å²) in [4.78, 5) is 0. The van der Waals surface area contributed by atoms with E-state index in [1.165, 1.54) is 0 Å². The van der Waals surface area contributed by atoms with Gasteiger partial charge in [-0.2, -0.15) is 0 Å². The summed E-state index contributed by atoms with van der Waals surface area (Å²) >= 11 is 0. The van der Waals surface area contributed by atoms with Crippen LogP contribution in [0.3, 0.4) is 0 Å². The second-order valence-corrected chi connectivity index (χ2v) is 6.47. The molecule has 0 bridgehead atoms. The van der Waals surface area contributed by atoms with Crippen molar-refractivity contribution < 1.29 is 13.9 Å². The van der Waals surface area contributed by atoms with Crippen molar-refractivity contribution in [3.05, 3.63) is 35.4 Å². The lowest BCUT2D eigenvalue weighted by atomic mass is 10.0. The van der Waals surface area contributed by atoms with Crippen molar-refractivity contribution in [1.82, 2.24) is 5.32 Å². The first kappa shape index (κ1) is 14.4. The standard InChI is InChI=1S/C15H21F2NO/c1-14(2)13(15(14,3)4)18-8-12(19)10-7-9(16)5-6-11(10)17/h5-7,12-13,18-19H,8H2,1-4H3. The van der Waals surface area contributed by atoms with Crippen LogP contribution in [0.4, 0.5) is 8.78 Å². The molecule has 0 spiro atoms. The molecule has 2 N–H and O–H groups in total. The molecule has 19 heavy (non-hydrogen) atoms. The van der Waals surface area contributed by atoms with Crippen molar-refractivity contribution in [2.24, 2.45) is 10.8 Å². The summed E-state index contributed by atoms with van der Waals surface area (Å²) in [6.07, 6.45) is -1.04. The van der Waals surface area contributed by atoms with Gasteiger partial charge in [-0.3, -0.25) is 0 Å². The summed E-state index contributed by atoms with van der Waals surface area (Å²) < 4.78 is 26.6. The fourth-order valence-electron chi connectivity index (χ4n) is 2.82. The minimum Gasteiger partial charge on any atom is -0.387 e. The van der Waals surface area contributed by atoms with Crippen LogP contribution in [0.2, 0.25) is 0 Å². The van der Waals surface area contributed by atoms with Crippen LogP contribution in [0.5, 0.6) is 0 Å². The molecule has 0 heterocycles. The fourth-order valence-corrected chi connectivity index (χ4v) is 2.82. The number of nitrogens with one attached hydrogen (secondary N) is 1. The van der Waals surface area contributed by atoms with E-state index in [0.29, 0.717) is 0 Å². The maximum Gasteiger partial charge on any atom is 0.129 e. The quantitative estimate of drug-likeness (QED) is 0.880. The van der Waals surface area contributed by atoms with Crippen LogP contribution in [0, 0.1) is 22.5 Å². The van der Waals surface area contributed by atoms with Crippen molar-refractivity contribution >= 4 is 0 Å². The molecular weight excluding hydrogens is 248 g/mol. The topological polar surface area (TPSA) is 32.3 Å². The Kier molecular flexibility index (Phi) is 3.43. The summed E-state index contributed by atoms with van der Waals surface area (Å²) in [6, 6.07) is 3.40. The molecule has 0 aromatic heterocycles. The van der Waals surface area contributed by atoms with Gasteiger partial charge in [0.15, 0.2) is 0 Å². The second kappa shape index (κ2) is 4.53. The predicted molar refractivity (Wildman–Crippen MR) is 70.7 cm³/mol. The zero-order chi connectivity index (χ0) is 14.4. The highest BCUT2D eigenvalue weighted by Gasteiger charge is 2.64. The van der Waals surface area contributed by atoms with Crippen molar-refractivity contribution in [1.29, 1.82) is 0 Å². The van der Waals surface area contributed by atoms with Gasteiger partial charge in [0, 0.05) is 18.2 Å². The largest absolute Gasteiger partial charge is 0.387 e. The molecule has 1 unspecified atom stereocenters. The van der Waals surface area contributed by atoms with Crippen LogP contribution < -0.4 is 5.32 Å². The molecule has 0 saturated heterocycles. The summed E-state index contributed by atoms with van der Waals surface area (Å²) in [5.74, 6) is -1.12. The van der Waals surface area contributed by atoms with E-state index in [1.54, 1.807) is 0 Å². The average Bonchev–Trinajstić information content (AvgIpc) is 2.70. The third kappa shape index (κ3) is 2.39. The summed E-state index contributed by atoms with van der Waals surface area (Å²) in [6.45, 7) is 8.83. The molecule has 106 valence electrons. The van der Waals surface area contributed by atoms with Gasteiger partial charge in [-0.05, 0) is 29.0 Å². The minimum absolute atomic E-state index is 0.00348. The molecule has 1 aliphatic rings. The van der Waals surface area contributed by atoms with Crippen LogP contribution >= 0.6 is 0 Å². The first-order valence-electron chi connectivity index (χ1n) is 6.54. The third-order valence-electron chi connectivity index (χ3n) is 4.85. The van der Waals surface area contributed by atoms with Crippen molar-refractivity contribution in [2.75, 3.05) is 6.54 Å². The predicted octanol–water partition coefficient (Wildman–Crippen LogP) is 3.02. The van der Waals surface area contributed by atoms with E-state index in [-0.39, 0.29) is 29.0 Å². The van der Waals surface area contributed by atoms with E-state index in [4.69, 9.17) is 0 Å². The van der Waals surface area contributed by atoms with Crippen LogP contribution in [-0.2, 0) is 0 Å². The summed E-state index contributed by atoms with van der Waals surface area (Å²) in [5, 5.41) is 13.2. The number of aliphatic hydroxyl groups excluding tert-OH is 1. The molecule has 0 amide bonds. The Labute approximate surface area is 112 Å². The monoisotopic (exact) mass is 269 g/mol. The first-order chi connectivity index (χ1) is 8.68. The zero-order valence-electron chi connectivity index (χ0n) is 11.8. The van der Waals surface area contributed by atoms with Gasteiger partial charge in [-0.25, -0.2) is 8.78 Å². The molecule has 1 atom stereocenters. The average molecular weight is 269 g/mol. The number of hydrogen-bond acceptors (Lipinski definition) is 2. The Morgan fingerprint density at radius 2 is 1.79 bits per heavy atom. The minimum atomic E-state index is -1.04. The molecule has 1 saturated carbocycles. The zero-order valence-corrected chi connectivity index (χ0v) is 11.8. The van der Waals surface area contributed by atoms with Crippen molar-refractivity contribution in [2.45, 2.75) is 39.8 Å². The highest BCUT2D eigenvalue weighted by Crippen LogP contribution is 2.62. The molecule has 2 nitrogen and oxygen atoms in total. The maximum atomic E-state index is 13.5. The van der Waals surface area contributed by atoms with E-state index in [9.17, 15) is 13.9 Å². The molecular formula is C15H21F2NO. The highest BCUT2D eigenvalue weighted by molar-refractivity contribution is 5.22. The van der Waals surface area contributed by atoms with Crippen molar-refractivity contribution in [3.8, 4) is 0 Å². The number of aliphatic hydroxyl groups is 1. The molecule has 4 heteroatoms. The van der Waals surface area contributed by atoms with Crippen LogP contribution in [-0.4, -0.2) is 17.7 Å². The summed E-state index contributed by atoms with van der Waals surface area (Å²) in [5.41, 5.74) is 0.296. The Hall–Kier alpha value is -1.00. The lowest BCUT2D eigenvalue weighted by Gasteiger charge is -2.14. The van der Waals surface area contributed by atoms with Gasteiger partial charge in [0.25, 0.3) is 0 Å². The van der Waals surface area contributed by atoms with Crippen LogP contribution in [0.1, 0.15) is 39.4 Å². The van der Waals surface area contributed by atoms with Gasteiger partial charge in [-0.1, -0.05) is 27.7 Å². The Morgan fingerprint density at radius 1 is 1.21 bits per heavy atom. The van der Waals surface area contributed by atoms with Crippen molar-refractivity contribution in [3.63, 3.8) is 0 Å². The van der Waals surface area contributed by atoms with E-state index >= 15 is 0 Å². The van der Waals surface area contributed by atoms with E-state index in [0.717, 1.165) is 18.2 Å². The van der Waals surface area contributed by atoms with E-state index in [2.05, 4.69) is 33.0 Å². The Morgan fingerprint density at radius 3 is 2.32 bits per heavy atom. The smallest absolute Gasteiger partial charge is 0.129 e. The second-order valence-electron chi connectivity index (χ2n) is 6.47. The van der Waals surface area contributed by atoms with E-state index < -0.39 is 17.7 Å². The Balaban J connectivity index is 1.99. The highest BCUT2D eigenvalue weighted by atomic mass is 19.1. The SMILES string of the molecule is CC1(C)C(NCC(O)c2cc(F)ccc2F)C1(C)C. The van der Waals surface area contributed by atoms with Gasteiger partial charge < -0.3 is 10.4 Å². The van der Waals surface area contributed by atoms with Crippen LogP contribution in [0.15, 0.2) is 18.2 Å². The Bertz CT molecular complexity index is 471. The van der Waals surface area contributed by atoms with Gasteiger partial charge >= 0.3 is 0 Å². The molecule has 1 aliphatic carbocycles. The molecule has 0 radical (unpaired) electrons. The number of hydrogen-bond donors (Lipinski definition) is 2. The lowest BCUT2D eigenvalue weighted by Crippen LogP contribution is -2.28. The molecule has 1 aromatic rings. The third-order valence-corrected chi connectivity index (χ3v) is 4.85. The van der Waals surface area contributed by atoms with Gasteiger partial charge in [0.05, 0.1) is 6.10 Å². The van der Waals surface area contributed by atoms with Gasteiger partial charge in [0.2, 0.25) is 0 Å². The van der Waals surface area contributed by atoms with Crippen LogP contribution in [0.25, 0.3) is 0 Å².